The van der Waals surface area contributed by atoms with Gasteiger partial charge in [0.25, 0.3) is 11.8 Å². The highest BCUT2D eigenvalue weighted by molar-refractivity contribution is 9.10. The number of halogens is 7. The van der Waals surface area contributed by atoms with Crippen LogP contribution in [0.2, 0.25) is 0 Å². The third kappa shape index (κ3) is 7.44. The topological polar surface area (TPSA) is 130 Å². The first-order chi connectivity index (χ1) is 17.6. The molecular formula is C22H19BrF6N4O5. The number of nitrogens with zero attached hydrogens (tertiary/aromatic N) is 1. The van der Waals surface area contributed by atoms with Gasteiger partial charge in [-0.05, 0) is 40.4 Å². The van der Waals surface area contributed by atoms with Gasteiger partial charge in [-0.2, -0.15) is 26.3 Å². The minimum absolute atomic E-state index is 0.245. The van der Waals surface area contributed by atoms with Crippen molar-refractivity contribution in [3.63, 3.8) is 0 Å². The summed E-state index contributed by atoms with van der Waals surface area (Å²) in [4.78, 5) is 39.7. The van der Waals surface area contributed by atoms with Crippen LogP contribution in [0.25, 0.3) is 0 Å². The van der Waals surface area contributed by atoms with Crippen LogP contribution < -0.4 is 16.2 Å². The van der Waals surface area contributed by atoms with E-state index in [0.29, 0.717) is 5.56 Å². The maximum Gasteiger partial charge on any atom is 0.426 e. The van der Waals surface area contributed by atoms with Crippen LogP contribution in [0.3, 0.4) is 0 Å². The monoisotopic (exact) mass is 612 g/mol. The molecule has 0 bridgehead atoms. The number of pyridine rings is 1. The maximum absolute atomic E-state index is 14.2. The van der Waals surface area contributed by atoms with Crippen molar-refractivity contribution >= 4 is 39.5 Å². The molecule has 3 amide bonds. The molecule has 0 saturated heterocycles. The SMILES string of the molecule is C=CCC[C@@](OCc1ccccc1)(C(=O)NNC(=O)c1nc(Br)c(C(F)(F)F)cc1NC(=O)O)C(F)(F)F. The number of hydrazine groups is 1. The number of allylic oxidation sites excluding steroid dienone is 1. The van der Waals surface area contributed by atoms with Crippen LogP contribution >= 0.6 is 15.9 Å². The molecule has 38 heavy (non-hydrogen) atoms. The van der Waals surface area contributed by atoms with Gasteiger partial charge in [-0.1, -0.05) is 36.4 Å². The number of aromatic nitrogens is 1. The van der Waals surface area contributed by atoms with E-state index in [4.69, 9.17) is 9.84 Å². The minimum atomic E-state index is -5.29. The number of hydrogen-bond acceptors (Lipinski definition) is 5. The molecule has 2 aromatic rings. The van der Waals surface area contributed by atoms with Crippen molar-refractivity contribution in [2.45, 2.75) is 37.4 Å². The number of hydrogen-bond donors (Lipinski definition) is 4. The molecule has 16 heteroatoms. The molecule has 2 rings (SSSR count). The molecule has 1 aromatic heterocycles. The molecule has 0 aliphatic rings. The molecule has 0 aliphatic heterocycles. The number of anilines is 1. The van der Waals surface area contributed by atoms with Crippen molar-refractivity contribution in [2.75, 3.05) is 5.32 Å². The Labute approximate surface area is 219 Å². The van der Waals surface area contributed by atoms with Gasteiger partial charge in [0.1, 0.15) is 4.60 Å². The zero-order valence-corrected chi connectivity index (χ0v) is 20.6. The lowest BCUT2D eigenvalue weighted by Gasteiger charge is -2.34. The fraction of sp³-hybridized carbons (Fsp3) is 0.273. The Balaban J connectivity index is 2.37. The number of rotatable bonds is 9. The zero-order chi connectivity index (χ0) is 28.7. The fourth-order valence-corrected chi connectivity index (χ4v) is 3.55. The molecular weight excluding hydrogens is 594 g/mol. The van der Waals surface area contributed by atoms with E-state index < -0.39 is 70.4 Å². The Hall–Kier alpha value is -3.66. The molecule has 0 aliphatic carbocycles. The third-order valence-electron chi connectivity index (χ3n) is 4.88. The van der Waals surface area contributed by atoms with E-state index in [1.54, 1.807) is 22.2 Å². The Bertz CT molecular complexity index is 1190. The van der Waals surface area contributed by atoms with Crippen LogP contribution in [0.1, 0.15) is 34.5 Å². The van der Waals surface area contributed by atoms with Crippen molar-refractivity contribution in [2.24, 2.45) is 0 Å². The molecule has 206 valence electrons. The summed E-state index contributed by atoms with van der Waals surface area (Å²) in [5, 5.41) is 10.4. The molecule has 4 N–H and O–H groups in total. The molecule has 0 radical (unpaired) electrons. The van der Waals surface area contributed by atoms with E-state index in [-0.39, 0.29) is 12.5 Å². The quantitative estimate of drug-likeness (QED) is 0.133. The van der Waals surface area contributed by atoms with E-state index in [9.17, 15) is 40.7 Å². The summed E-state index contributed by atoms with van der Waals surface area (Å²) in [7, 11) is 0. The van der Waals surface area contributed by atoms with Crippen molar-refractivity contribution in [1.29, 1.82) is 0 Å². The van der Waals surface area contributed by atoms with Gasteiger partial charge >= 0.3 is 18.4 Å². The number of carboxylic acid groups (broad SMARTS) is 1. The van der Waals surface area contributed by atoms with Gasteiger partial charge in [-0.15, -0.1) is 6.58 Å². The molecule has 0 saturated carbocycles. The predicted molar refractivity (Wildman–Crippen MR) is 124 cm³/mol. The van der Waals surface area contributed by atoms with Crippen molar-refractivity contribution in [3.05, 3.63) is 70.5 Å². The van der Waals surface area contributed by atoms with Crippen LogP contribution in [-0.4, -0.2) is 39.8 Å². The van der Waals surface area contributed by atoms with Crippen LogP contribution in [-0.2, 0) is 22.3 Å². The molecule has 1 atom stereocenters. The van der Waals surface area contributed by atoms with E-state index in [1.165, 1.54) is 24.3 Å². The number of alkyl halides is 6. The first kappa shape index (κ1) is 30.6. The molecule has 0 unspecified atom stereocenters. The number of carbonyl (C=O) groups is 3. The highest BCUT2D eigenvalue weighted by Gasteiger charge is 2.61. The molecule has 9 nitrogen and oxygen atoms in total. The zero-order valence-electron chi connectivity index (χ0n) is 19.0. The Morgan fingerprint density at radius 2 is 1.71 bits per heavy atom. The summed E-state index contributed by atoms with van der Waals surface area (Å²) in [6.07, 6.45) is -12.3. The second kappa shape index (κ2) is 12.3. The summed E-state index contributed by atoms with van der Waals surface area (Å²) >= 11 is 2.51. The smallest absolute Gasteiger partial charge is 0.426 e. The number of ether oxygens (including phenoxy) is 1. The lowest BCUT2D eigenvalue weighted by Crippen LogP contribution is -2.61. The average molecular weight is 613 g/mol. The van der Waals surface area contributed by atoms with Crippen molar-refractivity contribution < 1.29 is 50.6 Å². The number of benzene rings is 1. The molecule has 1 heterocycles. The second-order valence-corrected chi connectivity index (χ2v) is 8.24. The number of carbonyl (C=O) groups excluding carboxylic acids is 2. The van der Waals surface area contributed by atoms with Gasteiger partial charge in [0.15, 0.2) is 5.69 Å². The summed E-state index contributed by atoms with van der Waals surface area (Å²) in [6.45, 7) is 2.69. The Morgan fingerprint density at radius 1 is 1.08 bits per heavy atom. The first-order valence-corrected chi connectivity index (χ1v) is 11.2. The minimum Gasteiger partial charge on any atom is -0.465 e. The van der Waals surface area contributed by atoms with Gasteiger partial charge in [-0.3, -0.25) is 25.8 Å². The van der Waals surface area contributed by atoms with Gasteiger partial charge in [0.05, 0.1) is 17.9 Å². The summed E-state index contributed by atoms with van der Waals surface area (Å²) in [5.41, 5.74) is -3.39. The molecule has 0 spiro atoms. The lowest BCUT2D eigenvalue weighted by molar-refractivity contribution is -0.273. The predicted octanol–water partition coefficient (Wildman–Crippen LogP) is 5.20. The van der Waals surface area contributed by atoms with Crippen LogP contribution in [0.15, 0.2) is 53.7 Å². The highest BCUT2D eigenvalue weighted by atomic mass is 79.9. The Morgan fingerprint density at radius 3 is 2.24 bits per heavy atom. The van der Waals surface area contributed by atoms with Gasteiger partial charge in [-0.25, -0.2) is 9.78 Å². The summed E-state index contributed by atoms with van der Waals surface area (Å²) in [6, 6.07) is 7.85. The van der Waals surface area contributed by atoms with E-state index in [2.05, 4.69) is 27.5 Å². The van der Waals surface area contributed by atoms with Gasteiger partial charge in [0, 0.05) is 0 Å². The van der Waals surface area contributed by atoms with Gasteiger partial charge < -0.3 is 9.84 Å². The lowest BCUT2D eigenvalue weighted by atomic mass is 9.95. The molecule has 0 fully saturated rings. The van der Waals surface area contributed by atoms with E-state index >= 15 is 0 Å². The van der Waals surface area contributed by atoms with Crippen molar-refractivity contribution in [3.8, 4) is 0 Å². The normalized spacial score (nSPS) is 13.2. The maximum atomic E-state index is 14.2. The first-order valence-electron chi connectivity index (χ1n) is 10.4. The standard InChI is InChI=1S/C22H19BrF6N4O5/c1-2-3-9-20(22(27,28)29,38-11-12-7-5-4-6-8-12)18(35)33-32-17(34)15-14(30-19(36)37)10-13(16(23)31-15)21(24,25)26/h2,4-8,10,30H,1,3,9,11H2,(H,32,34)(H,33,35)(H,36,37)/t20-/m1/s1. The van der Waals surface area contributed by atoms with Crippen LogP contribution in [0.4, 0.5) is 36.8 Å². The second-order valence-electron chi connectivity index (χ2n) is 7.49. The summed E-state index contributed by atoms with van der Waals surface area (Å²) in [5.74, 6) is -3.38. The fourth-order valence-electron chi connectivity index (χ4n) is 3.04. The Kier molecular flexibility index (Phi) is 9.86. The largest absolute Gasteiger partial charge is 0.465 e. The van der Waals surface area contributed by atoms with Crippen molar-refractivity contribution in [1.82, 2.24) is 15.8 Å². The number of amides is 3. The van der Waals surface area contributed by atoms with Gasteiger partial charge in [0.2, 0.25) is 5.60 Å². The summed E-state index contributed by atoms with van der Waals surface area (Å²) < 4.78 is 86.2. The van der Waals surface area contributed by atoms with Crippen LogP contribution in [0, 0.1) is 0 Å². The average Bonchev–Trinajstić information content (AvgIpc) is 2.82. The van der Waals surface area contributed by atoms with E-state index in [0.717, 1.165) is 6.08 Å². The van der Waals surface area contributed by atoms with E-state index in [1.807, 2.05) is 0 Å². The molecule has 1 aromatic carbocycles. The highest BCUT2D eigenvalue weighted by Crippen LogP contribution is 2.39. The van der Waals surface area contributed by atoms with Crippen LogP contribution in [0.5, 0.6) is 0 Å². The third-order valence-corrected chi connectivity index (χ3v) is 5.49. The number of nitrogens with one attached hydrogen (secondary N) is 3.